The summed E-state index contributed by atoms with van der Waals surface area (Å²) in [6.07, 6.45) is 0.673. The molecule has 0 spiro atoms. The van der Waals surface area contributed by atoms with Gasteiger partial charge >= 0.3 is 5.76 Å². The van der Waals surface area contributed by atoms with Crippen molar-refractivity contribution in [3.63, 3.8) is 0 Å². The largest absolute Gasteiger partial charge is 0.438 e. The van der Waals surface area contributed by atoms with Crippen LogP contribution in [0.4, 0.5) is 4.39 Å². The molecule has 0 saturated carbocycles. The molecule has 2 N–H and O–H groups in total. The van der Waals surface area contributed by atoms with Crippen LogP contribution in [0.5, 0.6) is 0 Å². The molecule has 1 fully saturated rings. The summed E-state index contributed by atoms with van der Waals surface area (Å²) >= 11 is 0. The van der Waals surface area contributed by atoms with Crippen LogP contribution in [0, 0.1) is 11.7 Å². The maximum Gasteiger partial charge on any atom is 0.438 e. The first-order valence-electron chi connectivity index (χ1n) is 6.88. The fourth-order valence-electron chi connectivity index (χ4n) is 2.49. The molecule has 0 radical (unpaired) electrons. The molecule has 1 amide bonds. The molecule has 3 rings (SSSR count). The van der Waals surface area contributed by atoms with Gasteiger partial charge in [0.05, 0.1) is 5.92 Å². The Labute approximate surface area is 125 Å². The maximum absolute atomic E-state index is 12.9. The van der Waals surface area contributed by atoms with Crippen molar-refractivity contribution in [1.82, 2.24) is 14.7 Å². The second kappa shape index (κ2) is 5.72. The molecule has 116 valence electrons. The van der Waals surface area contributed by atoms with E-state index in [9.17, 15) is 14.0 Å². The van der Waals surface area contributed by atoms with Gasteiger partial charge in [-0.1, -0.05) is 0 Å². The lowest BCUT2D eigenvalue weighted by Gasteiger charge is -2.13. The lowest BCUT2D eigenvalue weighted by molar-refractivity contribution is -0.121. The van der Waals surface area contributed by atoms with E-state index in [0.29, 0.717) is 25.1 Å². The van der Waals surface area contributed by atoms with Crippen molar-refractivity contribution in [2.45, 2.75) is 13.1 Å². The summed E-state index contributed by atoms with van der Waals surface area (Å²) in [5, 5.41) is 4.10. The van der Waals surface area contributed by atoms with E-state index in [4.69, 9.17) is 10.2 Å². The fraction of sp³-hybridized carbons (Fsp3) is 0.357. The first-order valence-corrected chi connectivity index (χ1v) is 6.88. The van der Waals surface area contributed by atoms with Gasteiger partial charge in [0.2, 0.25) is 11.8 Å². The number of carbonyl (C=O) groups excluding carboxylic acids is 1. The van der Waals surface area contributed by atoms with Crippen molar-refractivity contribution < 1.29 is 13.6 Å². The van der Waals surface area contributed by atoms with Crippen LogP contribution in [0.25, 0.3) is 11.5 Å². The minimum atomic E-state index is -0.596. The molecule has 0 aliphatic carbocycles. The van der Waals surface area contributed by atoms with Crippen LogP contribution in [0.1, 0.15) is 6.42 Å². The van der Waals surface area contributed by atoms with E-state index in [1.807, 2.05) is 4.90 Å². The Morgan fingerprint density at radius 1 is 1.41 bits per heavy atom. The van der Waals surface area contributed by atoms with E-state index in [-0.39, 0.29) is 30.2 Å². The Balaban J connectivity index is 1.75. The molecule has 1 atom stereocenters. The lowest BCUT2D eigenvalue weighted by Crippen LogP contribution is -2.32. The highest BCUT2D eigenvalue weighted by atomic mass is 19.1. The Kier molecular flexibility index (Phi) is 3.76. The summed E-state index contributed by atoms with van der Waals surface area (Å²) < 4.78 is 19.2. The molecule has 0 unspecified atom stereocenters. The third-order valence-corrected chi connectivity index (χ3v) is 3.71. The lowest BCUT2D eigenvalue weighted by atomic mass is 10.1. The van der Waals surface area contributed by atoms with Gasteiger partial charge in [-0.3, -0.25) is 9.69 Å². The average molecular weight is 306 g/mol. The third-order valence-electron chi connectivity index (χ3n) is 3.71. The van der Waals surface area contributed by atoms with Crippen LogP contribution in [0.2, 0.25) is 0 Å². The molecule has 1 saturated heterocycles. The van der Waals surface area contributed by atoms with Gasteiger partial charge in [-0.15, -0.1) is 5.10 Å². The minimum absolute atomic E-state index is 0.135. The summed E-state index contributed by atoms with van der Waals surface area (Å²) in [7, 11) is 0. The molecule has 8 heteroatoms. The summed E-state index contributed by atoms with van der Waals surface area (Å²) in [5.74, 6) is -1.36. The number of likely N-dealkylation sites (tertiary alicyclic amines) is 1. The van der Waals surface area contributed by atoms with Crippen molar-refractivity contribution in [1.29, 1.82) is 0 Å². The van der Waals surface area contributed by atoms with E-state index in [1.54, 1.807) is 0 Å². The third kappa shape index (κ3) is 2.91. The van der Waals surface area contributed by atoms with Crippen LogP contribution in [0.3, 0.4) is 0 Å². The highest BCUT2D eigenvalue weighted by Gasteiger charge is 2.27. The van der Waals surface area contributed by atoms with E-state index in [1.165, 1.54) is 28.9 Å². The van der Waals surface area contributed by atoms with Gasteiger partial charge in [-0.25, -0.2) is 9.18 Å². The van der Waals surface area contributed by atoms with E-state index in [2.05, 4.69) is 5.10 Å². The summed E-state index contributed by atoms with van der Waals surface area (Å²) in [5.41, 5.74) is 5.80. The molecule has 7 nitrogen and oxygen atoms in total. The molecule has 1 aromatic carbocycles. The number of nitrogens with two attached hydrogens (primary N) is 1. The topological polar surface area (TPSA) is 94.4 Å². The highest BCUT2D eigenvalue weighted by molar-refractivity contribution is 5.77. The average Bonchev–Trinajstić information content (AvgIpc) is 3.08. The second-order valence-electron chi connectivity index (χ2n) is 5.29. The highest BCUT2D eigenvalue weighted by Crippen LogP contribution is 2.18. The van der Waals surface area contributed by atoms with Crippen molar-refractivity contribution >= 4 is 5.91 Å². The number of halogens is 1. The van der Waals surface area contributed by atoms with Crippen LogP contribution in [-0.2, 0) is 11.5 Å². The predicted molar refractivity (Wildman–Crippen MR) is 75.0 cm³/mol. The standard InChI is InChI=1S/C14H15FN4O3/c15-11-3-1-9(2-4-11)13-17-19(14(21)22-13)8-18-6-5-10(7-18)12(16)20/h1-4,10H,5-8H2,(H2,16,20)/t10-/m1/s1. The van der Waals surface area contributed by atoms with Crippen molar-refractivity contribution in [2.75, 3.05) is 13.1 Å². The van der Waals surface area contributed by atoms with Crippen molar-refractivity contribution in [2.24, 2.45) is 11.7 Å². The number of primary amides is 1. The van der Waals surface area contributed by atoms with Crippen LogP contribution in [0.15, 0.2) is 33.5 Å². The van der Waals surface area contributed by atoms with Gasteiger partial charge < -0.3 is 10.2 Å². The molecule has 1 aliphatic rings. The van der Waals surface area contributed by atoms with Gasteiger partial charge in [0.25, 0.3) is 0 Å². The molecule has 2 heterocycles. The summed E-state index contributed by atoms with van der Waals surface area (Å²) in [6.45, 7) is 1.40. The minimum Gasteiger partial charge on any atom is -0.388 e. The van der Waals surface area contributed by atoms with Crippen LogP contribution < -0.4 is 11.5 Å². The van der Waals surface area contributed by atoms with Gasteiger partial charge in [0, 0.05) is 18.7 Å². The zero-order chi connectivity index (χ0) is 15.7. The zero-order valence-electron chi connectivity index (χ0n) is 11.7. The van der Waals surface area contributed by atoms with Gasteiger partial charge in [-0.05, 0) is 30.7 Å². The smallest absolute Gasteiger partial charge is 0.388 e. The number of amides is 1. The van der Waals surface area contributed by atoms with E-state index in [0.717, 1.165) is 0 Å². The first kappa shape index (κ1) is 14.5. The Morgan fingerprint density at radius 2 is 2.14 bits per heavy atom. The molecule has 1 aromatic heterocycles. The number of nitrogens with zero attached hydrogens (tertiary/aromatic N) is 3. The second-order valence-corrected chi connectivity index (χ2v) is 5.29. The van der Waals surface area contributed by atoms with Crippen molar-refractivity contribution in [3.8, 4) is 11.5 Å². The summed E-state index contributed by atoms with van der Waals surface area (Å²) in [6, 6.07) is 5.52. The van der Waals surface area contributed by atoms with E-state index >= 15 is 0 Å². The number of hydrogen-bond acceptors (Lipinski definition) is 5. The first-order chi connectivity index (χ1) is 10.5. The molecule has 0 bridgehead atoms. The van der Waals surface area contributed by atoms with Crippen molar-refractivity contribution in [3.05, 3.63) is 40.6 Å². The zero-order valence-corrected chi connectivity index (χ0v) is 11.7. The molecule has 22 heavy (non-hydrogen) atoms. The molecular weight excluding hydrogens is 291 g/mol. The van der Waals surface area contributed by atoms with Crippen LogP contribution in [-0.4, -0.2) is 33.7 Å². The van der Waals surface area contributed by atoms with Gasteiger partial charge in [0.1, 0.15) is 12.5 Å². The molecule has 1 aliphatic heterocycles. The number of aromatic nitrogens is 2. The summed E-state index contributed by atoms with van der Waals surface area (Å²) in [4.78, 5) is 24.9. The number of rotatable bonds is 4. The van der Waals surface area contributed by atoms with Gasteiger partial charge in [0.15, 0.2) is 0 Å². The Bertz CT molecular complexity index is 737. The number of hydrogen-bond donors (Lipinski definition) is 1. The Hall–Kier alpha value is -2.48. The normalized spacial score (nSPS) is 18.7. The predicted octanol–water partition coefficient (Wildman–Crippen LogP) is 0.407. The fourth-order valence-corrected chi connectivity index (χ4v) is 2.49. The quantitative estimate of drug-likeness (QED) is 0.882. The molecule has 2 aromatic rings. The monoisotopic (exact) mass is 306 g/mol. The number of benzene rings is 1. The molecular formula is C14H15FN4O3. The van der Waals surface area contributed by atoms with E-state index < -0.39 is 5.76 Å². The SMILES string of the molecule is NC(=O)[C@@H]1CCN(Cn2nc(-c3ccc(F)cc3)oc2=O)C1. The number of carbonyl (C=O) groups is 1. The van der Waals surface area contributed by atoms with Crippen LogP contribution >= 0.6 is 0 Å². The van der Waals surface area contributed by atoms with Gasteiger partial charge in [-0.2, -0.15) is 4.68 Å². The maximum atomic E-state index is 12.9. The Morgan fingerprint density at radius 3 is 2.77 bits per heavy atom.